The van der Waals surface area contributed by atoms with E-state index in [0.717, 1.165) is 6.26 Å². The van der Waals surface area contributed by atoms with Crippen LogP contribution in [-0.2, 0) is 4.74 Å². The molecule has 0 spiro atoms. The molecule has 0 heterocycles. The van der Waals surface area contributed by atoms with Crippen molar-refractivity contribution >= 4 is 15.0 Å². The number of carbonyl (C=O) groups excluding carboxylic acids is 1. The van der Waals surface area contributed by atoms with E-state index in [1.54, 1.807) is 0 Å². The molecule has 3 heteroatoms. The third-order valence-corrected chi connectivity index (χ3v) is 0.290. The Kier molecular flexibility index (Phi) is 2.68. The molecule has 2 nitrogen and oxygen atoms in total. The number of hydrogen-bond donors (Lipinski definition) is 0. The van der Waals surface area contributed by atoms with E-state index in [9.17, 15) is 4.79 Å². The van der Waals surface area contributed by atoms with Gasteiger partial charge < -0.3 is 4.74 Å². The second-order valence-corrected chi connectivity index (χ2v) is 0.916. The van der Waals surface area contributed by atoms with Crippen LogP contribution in [0, 0.1) is 0 Å². The molecule has 0 aromatic heterocycles. The fourth-order valence-corrected chi connectivity index (χ4v) is 0.146. The molecule has 0 aromatic carbocycles. The van der Waals surface area contributed by atoms with Crippen LogP contribution in [0.2, 0.25) is 0 Å². The highest BCUT2D eigenvalue weighted by atomic mass is 31.0. The summed E-state index contributed by atoms with van der Waals surface area (Å²) in [6.45, 7) is 3.11. The van der Waals surface area contributed by atoms with Gasteiger partial charge in [0.25, 0.3) is 0 Å². The molecule has 32 valence electrons. The van der Waals surface area contributed by atoms with Gasteiger partial charge in [0.05, 0.1) is 15.5 Å². The second kappa shape index (κ2) is 2.86. The Hall–Kier alpha value is -0.360. The molecule has 0 unspecified atom stereocenters. The fraction of sp³-hybridized carbons (Fsp3) is 0. The van der Waals surface area contributed by atoms with Crippen LogP contribution in [0.25, 0.3) is 0 Å². The van der Waals surface area contributed by atoms with Gasteiger partial charge in [-0.3, -0.25) is 0 Å². The van der Waals surface area contributed by atoms with Gasteiger partial charge in [-0.25, -0.2) is 4.79 Å². The molecule has 0 fully saturated rings. The van der Waals surface area contributed by atoms with Crippen LogP contribution < -0.4 is 0 Å². The van der Waals surface area contributed by atoms with E-state index in [4.69, 9.17) is 0 Å². The van der Waals surface area contributed by atoms with E-state index >= 15 is 0 Å². The first-order chi connectivity index (χ1) is 2.77. The van der Waals surface area contributed by atoms with Crippen molar-refractivity contribution in [1.29, 1.82) is 0 Å². The molecule has 0 N–H and O–H groups in total. The van der Waals surface area contributed by atoms with E-state index in [2.05, 4.69) is 20.6 Å². The number of ether oxygens (including phenoxy) is 1. The van der Waals surface area contributed by atoms with Crippen LogP contribution in [0.1, 0.15) is 0 Å². The molecule has 0 saturated heterocycles. The van der Waals surface area contributed by atoms with Crippen molar-refractivity contribution in [2.75, 3.05) is 0 Å². The minimum Gasteiger partial charge on any atom is -0.431 e. The minimum atomic E-state index is -0.634. The summed E-state index contributed by atoms with van der Waals surface area (Å²) >= 11 is 0. The Morgan fingerprint density at radius 2 is 2.50 bits per heavy atom. The van der Waals surface area contributed by atoms with Crippen molar-refractivity contribution in [1.82, 2.24) is 0 Å². The molecule has 0 aromatic rings. The monoisotopic (exact) mass is 102 g/mol. The summed E-state index contributed by atoms with van der Waals surface area (Å²) < 4.78 is 4.03. The summed E-state index contributed by atoms with van der Waals surface area (Å²) in [7, 11) is 3.25. The smallest absolute Gasteiger partial charge is 0.341 e. The van der Waals surface area contributed by atoms with Crippen molar-refractivity contribution in [2.45, 2.75) is 0 Å². The third kappa shape index (κ3) is 3.64. The standard InChI is InChI=1S/C3H3O2P/c1-2-5-3(4)6/h2H,1H2. The van der Waals surface area contributed by atoms with Crippen molar-refractivity contribution < 1.29 is 9.53 Å². The van der Waals surface area contributed by atoms with Crippen LogP contribution in [0.3, 0.4) is 0 Å². The molecule has 2 radical (unpaired) electrons. The third-order valence-electron chi connectivity index (χ3n) is 0.184. The zero-order valence-electron chi connectivity index (χ0n) is 3.05. The highest BCUT2D eigenvalue weighted by Gasteiger charge is 1.81. The number of carbonyl (C=O) groups is 1. The van der Waals surface area contributed by atoms with Crippen molar-refractivity contribution in [3.05, 3.63) is 12.8 Å². The predicted molar refractivity (Wildman–Crippen MR) is 23.6 cm³/mol. The molecule has 0 rings (SSSR count). The summed E-state index contributed by atoms with van der Waals surface area (Å²) in [5.41, 5.74) is -0.634. The summed E-state index contributed by atoms with van der Waals surface area (Å²) in [5.74, 6) is 0. The largest absolute Gasteiger partial charge is 0.431 e. The van der Waals surface area contributed by atoms with Gasteiger partial charge in [0.1, 0.15) is 0 Å². The van der Waals surface area contributed by atoms with Gasteiger partial charge >= 0.3 is 5.71 Å². The van der Waals surface area contributed by atoms with Crippen molar-refractivity contribution in [3.63, 3.8) is 0 Å². The lowest BCUT2D eigenvalue weighted by atomic mass is 11.1. The van der Waals surface area contributed by atoms with E-state index in [-0.39, 0.29) is 0 Å². The quantitative estimate of drug-likeness (QED) is 0.372. The average Bonchev–Trinajstić information content (AvgIpc) is 1.35. The van der Waals surface area contributed by atoms with Crippen LogP contribution in [0.15, 0.2) is 12.8 Å². The number of rotatable bonds is 1. The fourth-order valence-electron chi connectivity index (χ4n) is 0.0713. The van der Waals surface area contributed by atoms with Gasteiger partial charge in [-0.15, -0.1) is 0 Å². The summed E-state index contributed by atoms with van der Waals surface area (Å²) in [6.07, 6.45) is 1.02. The first kappa shape index (κ1) is 5.64. The Bertz CT molecular complexity index is 69.2. The first-order valence-corrected chi connectivity index (χ1v) is 1.72. The van der Waals surface area contributed by atoms with Gasteiger partial charge in [0.15, 0.2) is 0 Å². The lowest BCUT2D eigenvalue weighted by molar-refractivity contribution is 0.214. The summed E-state index contributed by atoms with van der Waals surface area (Å²) in [6, 6.07) is 0. The molecule has 0 saturated carbocycles. The van der Waals surface area contributed by atoms with Crippen molar-refractivity contribution in [3.8, 4) is 0 Å². The van der Waals surface area contributed by atoms with Gasteiger partial charge in [-0.05, 0) is 0 Å². The molecule has 0 aliphatic carbocycles. The first-order valence-electron chi connectivity index (χ1n) is 1.28. The van der Waals surface area contributed by atoms with E-state index in [0.29, 0.717) is 0 Å². The molecule has 0 aliphatic rings. The summed E-state index contributed by atoms with van der Waals surface area (Å²) in [4.78, 5) is 9.61. The van der Waals surface area contributed by atoms with Crippen molar-refractivity contribution in [2.24, 2.45) is 0 Å². The summed E-state index contributed by atoms with van der Waals surface area (Å²) in [5, 5.41) is 0. The zero-order valence-corrected chi connectivity index (χ0v) is 3.94. The van der Waals surface area contributed by atoms with Crippen LogP contribution >= 0.6 is 9.24 Å². The lowest BCUT2D eigenvalue weighted by Gasteiger charge is -1.81. The van der Waals surface area contributed by atoms with Crippen LogP contribution in [-0.4, -0.2) is 5.71 Å². The topological polar surface area (TPSA) is 26.3 Å². The van der Waals surface area contributed by atoms with Gasteiger partial charge in [0.2, 0.25) is 0 Å². The molecular weight excluding hydrogens is 99.0 g/mol. The molecule has 0 amide bonds. The second-order valence-electron chi connectivity index (χ2n) is 0.550. The molecule has 6 heavy (non-hydrogen) atoms. The maximum atomic E-state index is 9.61. The van der Waals surface area contributed by atoms with Gasteiger partial charge in [-0.2, -0.15) is 0 Å². The SMILES string of the molecule is C=COC(=O)[P]. The zero-order chi connectivity index (χ0) is 4.99. The maximum absolute atomic E-state index is 9.61. The lowest BCUT2D eigenvalue weighted by Crippen LogP contribution is -1.78. The average molecular weight is 102 g/mol. The Labute approximate surface area is 38.4 Å². The molecule has 0 aliphatic heterocycles. The highest BCUT2D eigenvalue weighted by molar-refractivity contribution is 7.39. The molecule has 0 atom stereocenters. The van der Waals surface area contributed by atoms with E-state index < -0.39 is 5.71 Å². The van der Waals surface area contributed by atoms with Gasteiger partial charge in [0, 0.05) is 0 Å². The van der Waals surface area contributed by atoms with E-state index in [1.807, 2.05) is 0 Å². The van der Waals surface area contributed by atoms with Gasteiger partial charge in [-0.1, -0.05) is 6.58 Å². The Morgan fingerprint density at radius 1 is 2.00 bits per heavy atom. The molecular formula is C3H3O2P. The van der Waals surface area contributed by atoms with Crippen LogP contribution in [0.5, 0.6) is 0 Å². The Morgan fingerprint density at radius 3 is 2.50 bits per heavy atom. The highest BCUT2D eigenvalue weighted by Crippen LogP contribution is 1.88. The van der Waals surface area contributed by atoms with E-state index in [1.165, 1.54) is 0 Å². The predicted octanol–water partition coefficient (Wildman–Crippen LogP) is 1.68. The number of hydrogen-bond acceptors (Lipinski definition) is 2. The minimum absolute atomic E-state index is 0.634. The molecule has 0 bridgehead atoms. The normalized spacial score (nSPS) is 6.83. The maximum Gasteiger partial charge on any atom is 0.341 e. The van der Waals surface area contributed by atoms with Crippen LogP contribution in [0.4, 0.5) is 4.79 Å². The Balaban J connectivity index is 3.05.